The molecule has 1 fully saturated rings. The third-order valence-electron chi connectivity index (χ3n) is 3.71. The Hall–Kier alpha value is -2.93. The van der Waals surface area contributed by atoms with E-state index in [1.54, 1.807) is 35.2 Å². The zero-order chi connectivity index (χ0) is 18.7. The summed E-state index contributed by atoms with van der Waals surface area (Å²) in [7, 11) is 0. The molecule has 3 rings (SSSR count). The van der Waals surface area contributed by atoms with Gasteiger partial charge in [-0.15, -0.1) is 0 Å². The number of amidine groups is 1. The van der Waals surface area contributed by atoms with Crippen molar-refractivity contribution in [3.8, 4) is 0 Å². The minimum absolute atomic E-state index is 0.164. The molecule has 2 aromatic rings. The van der Waals surface area contributed by atoms with Crippen LogP contribution in [-0.2, 0) is 4.79 Å². The summed E-state index contributed by atoms with van der Waals surface area (Å²) < 4.78 is 13.0. The van der Waals surface area contributed by atoms with E-state index in [1.807, 2.05) is 6.92 Å². The van der Waals surface area contributed by atoms with Gasteiger partial charge in [-0.3, -0.25) is 9.69 Å². The fourth-order valence-electron chi connectivity index (χ4n) is 2.37. The van der Waals surface area contributed by atoms with E-state index in [0.717, 1.165) is 5.56 Å². The molecular formula is C19H15FN2O3S. The van der Waals surface area contributed by atoms with Crippen LogP contribution in [0.4, 0.5) is 10.1 Å². The number of nitrogens with zero attached hydrogens (tertiary/aromatic N) is 2. The Bertz CT molecular complexity index is 905. The first-order valence-electron chi connectivity index (χ1n) is 7.87. The number of aliphatic imine (C=N–C) groups is 1. The topological polar surface area (TPSA) is 70.0 Å². The SMILES string of the molecule is CCN1C(=O)/C(=C/c2ccc(F)cc2)SC1=Nc1ccc(C(=O)O)cc1. The Balaban J connectivity index is 1.89. The first kappa shape index (κ1) is 17.9. The summed E-state index contributed by atoms with van der Waals surface area (Å²) in [5.74, 6) is -1.50. The second-order valence-electron chi connectivity index (χ2n) is 5.46. The van der Waals surface area contributed by atoms with Gasteiger partial charge in [0.15, 0.2) is 5.17 Å². The highest BCUT2D eigenvalue weighted by Gasteiger charge is 2.32. The third kappa shape index (κ3) is 3.83. The van der Waals surface area contributed by atoms with E-state index >= 15 is 0 Å². The summed E-state index contributed by atoms with van der Waals surface area (Å²) >= 11 is 1.23. The molecule has 0 spiro atoms. The largest absolute Gasteiger partial charge is 0.478 e. The summed E-state index contributed by atoms with van der Waals surface area (Å²) in [6.45, 7) is 2.31. The van der Waals surface area contributed by atoms with Crippen LogP contribution in [0.3, 0.4) is 0 Å². The molecule has 0 bridgehead atoms. The summed E-state index contributed by atoms with van der Waals surface area (Å²) in [4.78, 5) is 30.0. The molecule has 2 aromatic carbocycles. The smallest absolute Gasteiger partial charge is 0.335 e. The monoisotopic (exact) mass is 370 g/mol. The number of carbonyl (C=O) groups is 2. The summed E-state index contributed by atoms with van der Waals surface area (Å²) in [6.07, 6.45) is 1.70. The van der Waals surface area contributed by atoms with Crippen molar-refractivity contribution in [3.63, 3.8) is 0 Å². The van der Waals surface area contributed by atoms with Crippen LogP contribution in [0.1, 0.15) is 22.8 Å². The Kier molecular flexibility index (Phi) is 5.18. The summed E-state index contributed by atoms with van der Waals surface area (Å²) in [6, 6.07) is 12.0. The van der Waals surface area contributed by atoms with Crippen LogP contribution in [-0.4, -0.2) is 33.6 Å². The molecule has 0 saturated carbocycles. The molecule has 1 amide bonds. The summed E-state index contributed by atoms with van der Waals surface area (Å²) in [5, 5.41) is 9.47. The maximum Gasteiger partial charge on any atom is 0.335 e. The van der Waals surface area contributed by atoms with E-state index in [9.17, 15) is 14.0 Å². The van der Waals surface area contributed by atoms with E-state index in [2.05, 4.69) is 4.99 Å². The Morgan fingerprint density at radius 3 is 2.42 bits per heavy atom. The van der Waals surface area contributed by atoms with Crippen molar-refractivity contribution in [3.05, 3.63) is 70.4 Å². The van der Waals surface area contributed by atoms with Crippen molar-refractivity contribution in [2.24, 2.45) is 4.99 Å². The molecule has 1 saturated heterocycles. The molecule has 1 aliphatic heterocycles. The zero-order valence-corrected chi connectivity index (χ0v) is 14.7. The van der Waals surface area contributed by atoms with Gasteiger partial charge >= 0.3 is 5.97 Å². The van der Waals surface area contributed by atoms with E-state index in [4.69, 9.17) is 5.11 Å². The lowest BCUT2D eigenvalue weighted by molar-refractivity contribution is -0.122. The minimum atomic E-state index is -1.01. The van der Waals surface area contributed by atoms with E-state index in [1.165, 1.54) is 36.0 Å². The second-order valence-corrected chi connectivity index (χ2v) is 6.47. The van der Waals surface area contributed by atoms with Crippen molar-refractivity contribution in [1.82, 2.24) is 4.90 Å². The normalized spacial score (nSPS) is 17.3. The average molecular weight is 370 g/mol. The van der Waals surface area contributed by atoms with Gasteiger partial charge in [0.2, 0.25) is 0 Å². The van der Waals surface area contributed by atoms with Crippen molar-refractivity contribution >= 4 is 40.6 Å². The van der Waals surface area contributed by atoms with Gasteiger partial charge in [0.1, 0.15) is 5.82 Å². The molecular weight excluding hydrogens is 355 g/mol. The van der Waals surface area contributed by atoms with Crippen LogP contribution in [0.15, 0.2) is 58.4 Å². The lowest BCUT2D eigenvalue weighted by atomic mass is 10.2. The lowest BCUT2D eigenvalue weighted by Gasteiger charge is -2.12. The molecule has 7 heteroatoms. The van der Waals surface area contributed by atoms with Crippen molar-refractivity contribution in [2.45, 2.75) is 6.92 Å². The first-order valence-corrected chi connectivity index (χ1v) is 8.68. The number of aromatic carboxylic acids is 1. The fourth-order valence-corrected chi connectivity index (χ4v) is 3.43. The number of rotatable bonds is 4. The van der Waals surface area contributed by atoms with Gasteiger partial charge in [-0.1, -0.05) is 12.1 Å². The van der Waals surface area contributed by atoms with E-state index in [0.29, 0.717) is 22.3 Å². The number of benzene rings is 2. The third-order valence-corrected chi connectivity index (χ3v) is 4.72. The molecule has 1 heterocycles. The lowest BCUT2D eigenvalue weighted by Crippen LogP contribution is -2.28. The highest BCUT2D eigenvalue weighted by atomic mass is 32.2. The van der Waals surface area contributed by atoms with Crippen LogP contribution in [0.2, 0.25) is 0 Å². The van der Waals surface area contributed by atoms with Crippen LogP contribution in [0.25, 0.3) is 6.08 Å². The quantitative estimate of drug-likeness (QED) is 0.821. The molecule has 1 N–H and O–H groups in total. The molecule has 132 valence electrons. The Morgan fingerprint density at radius 1 is 1.19 bits per heavy atom. The zero-order valence-electron chi connectivity index (χ0n) is 13.8. The number of hydrogen-bond acceptors (Lipinski definition) is 4. The maximum absolute atomic E-state index is 13.0. The van der Waals surface area contributed by atoms with Crippen molar-refractivity contribution in [1.29, 1.82) is 0 Å². The van der Waals surface area contributed by atoms with Gasteiger partial charge in [0, 0.05) is 6.54 Å². The Labute approximate surface area is 153 Å². The number of halogens is 1. The number of carboxylic acids is 1. The molecule has 0 aromatic heterocycles. The molecule has 5 nitrogen and oxygen atoms in total. The van der Waals surface area contributed by atoms with E-state index < -0.39 is 5.97 Å². The average Bonchev–Trinajstić information content (AvgIpc) is 2.92. The van der Waals surface area contributed by atoms with Gasteiger partial charge < -0.3 is 5.11 Å². The number of carboxylic acid groups (broad SMARTS) is 1. The fraction of sp³-hybridized carbons (Fsp3) is 0.105. The predicted molar refractivity (Wildman–Crippen MR) is 99.9 cm³/mol. The molecule has 0 atom stereocenters. The van der Waals surface area contributed by atoms with E-state index in [-0.39, 0.29) is 17.3 Å². The molecule has 26 heavy (non-hydrogen) atoms. The highest BCUT2D eigenvalue weighted by Crippen LogP contribution is 2.34. The van der Waals surface area contributed by atoms with Crippen LogP contribution < -0.4 is 0 Å². The second kappa shape index (κ2) is 7.53. The molecule has 1 aliphatic rings. The van der Waals surface area contributed by atoms with Crippen LogP contribution in [0.5, 0.6) is 0 Å². The molecule has 0 aliphatic carbocycles. The van der Waals surface area contributed by atoms with Gasteiger partial charge in [-0.2, -0.15) is 0 Å². The van der Waals surface area contributed by atoms with Gasteiger partial charge in [-0.05, 0) is 66.7 Å². The van der Waals surface area contributed by atoms with Gasteiger partial charge in [-0.25, -0.2) is 14.2 Å². The predicted octanol–water partition coefficient (Wildman–Crippen LogP) is 4.15. The molecule has 0 radical (unpaired) electrons. The van der Waals surface area contributed by atoms with Gasteiger partial charge in [0.05, 0.1) is 16.2 Å². The van der Waals surface area contributed by atoms with Crippen molar-refractivity contribution < 1.29 is 19.1 Å². The number of carbonyl (C=O) groups excluding carboxylic acids is 1. The van der Waals surface area contributed by atoms with Crippen LogP contribution >= 0.6 is 11.8 Å². The van der Waals surface area contributed by atoms with Crippen LogP contribution in [0, 0.1) is 5.82 Å². The number of hydrogen-bond donors (Lipinski definition) is 1. The maximum atomic E-state index is 13.0. The number of thioether (sulfide) groups is 1. The van der Waals surface area contributed by atoms with Gasteiger partial charge in [0.25, 0.3) is 5.91 Å². The standard InChI is InChI=1S/C19H15FN2O3S/c1-2-22-17(23)16(11-12-3-7-14(20)8-4-12)26-19(22)21-15-9-5-13(6-10-15)18(24)25/h3-11H,2H2,1H3,(H,24,25)/b16-11-,21-19?. The minimum Gasteiger partial charge on any atom is -0.478 e. The van der Waals surface area contributed by atoms with Crippen molar-refractivity contribution in [2.75, 3.05) is 6.54 Å². The molecule has 0 unspecified atom stereocenters. The summed E-state index contributed by atoms with van der Waals surface area (Å²) in [5.41, 5.74) is 1.46. The Morgan fingerprint density at radius 2 is 1.85 bits per heavy atom. The highest BCUT2D eigenvalue weighted by molar-refractivity contribution is 8.18. The number of likely N-dealkylation sites (N-methyl/N-ethyl adjacent to an activating group) is 1. The first-order chi connectivity index (χ1) is 12.5. The number of amides is 1.